The molecule has 172 valence electrons. The Balaban J connectivity index is 1.43. The first-order valence-corrected chi connectivity index (χ1v) is 12.5. The van der Waals surface area contributed by atoms with Crippen LogP contribution < -0.4 is 15.8 Å². The Morgan fingerprint density at radius 1 is 1.15 bits per heavy atom. The standard InChI is InChI=1S/C24H28N6O2S/c1-29-8-10-30(11-9-29)14-5-6-16-18(13-14)27-22(26-16)20-21(25-17-3-2-4-19(17)31)15-7-12-33-24(15)28-23(20)32/h5-7,12-13,17,19,31H,2-4,8-11H2,1H3,(H,26,27)(H2,25,28,32)/t17-,19+/m0/s1. The van der Waals surface area contributed by atoms with E-state index in [9.17, 15) is 9.90 Å². The first-order valence-electron chi connectivity index (χ1n) is 11.6. The molecular weight excluding hydrogens is 436 g/mol. The second-order valence-electron chi connectivity index (χ2n) is 9.19. The van der Waals surface area contributed by atoms with Crippen LogP contribution in [0.25, 0.3) is 32.6 Å². The molecule has 0 radical (unpaired) electrons. The minimum Gasteiger partial charge on any atom is -0.391 e. The Hall–Kier alpha value is -2.88. The molecule has 4 aromatic rings. The molecule has 4 N–H and O–H groups in total. The van der Waals surface area contributed by atoms with E-state index in [1.807, 2.05) is 17.5 Å². The number of imidazole rings is 1. The van der Waals surface area contributed by atoms with Gasteiger partial charge in [-0.3, -0.25) is 4.79 Å². The van der Waals surface area contributed by atoms with E-state index < -0.39 is 6.10 Å². The van der Waals surface area contributed by atoms with Gasteiger partial charge in [-0.25, -0.2) is 4.98 Å². The fraction of sp³-hybridized carbons (Fsp3) is 0.417. The topological polar surface area (TPSA) is 100 Å². The van der Waals surface area contributed by atoms with Crippen LogP contribution in [0.2, 0.25) is 0 Å². The number of nitrogens with one attached hydrogen (secondary N) is 3. The number of nitrogens with zero attached hydrogens (tertiary/aromatic N) is 3. The SMILES string of the molecule is CN1CCN(c2ccc3nc(-c4c(N[C@H]5CCC[C@H]5O)c5ccsc5[nH]c4=O)[nH]c3c2)CC1. The number of benzene rings is 1. The van der Waals surface area contributed by atoms with Gasteiger partial charge in [0, 0.05) is 37.3 Å². The van der Waals surface area contributed by atoms with Gasteiger partial charge in [-0.05, 0) is 56.0 Å². The summed E-state index contributed by atoms with van der Waals surface area (Å²) in [6.45, 7) is 4.08. The Bertz CT molecular complexity index is 1370. The molecule has 9 heteroatoms. The van der Waals surface area contributed by atoms with Crippen molar-refractivity contribution in [1.82, 2.24) is 19.9 Å². The number of fused-ring (bicyclic) bond motifs is 2. The number of H-pyrrole nitrogens is 2. The average molecular weight is 465 g/mol. The molecule has 0 unspecified atom stereocenters. The number of thiophene rings is 1. The number of aromatic amines is 2. The highest BCUT2D eigenvalue weighted by molar-refractivity contribution is 7.16. The summed E-state index contributed by atoms with van der Waals surface area (Å²) in [5.41, 5.74) is 3.98. The van der Waals surface area contributed by atoms with Crippen molar-refractivity contribution in [3.05, 3.63) is 40.0 Å². The molecule has 2 fully saturated rings. The molecule has 6 rings (SSSR count). The minimum atomic E-state index is -0.410. The zero-order valence-electron chi connectivity index (χ0n) is 18.6. The van der Waals surface area contributed by atoms with Crippen LogP contribution >= 0.6 is 11.3 Å². The number of likely N-dealkylation sites (N-methyl/N-ethyl adjacent to an activating group) is 1. The first kappa shape index (κ1) is 20.7. The number of rotatable bonds is 4. The van der Waals surface area contributed by atoms with E-state index >= 15 is 0 Å². The van der Waals surface area contributed by atoms with Crippen LogP contribution in [0.4, 0.5) is 11.4 Å². The van der Waals surface area contributed by atoms with Crippen molar-refractivity contribution in [2.75, 3.05) is 43.4 Å². The molecule has 1 aliphatic heterocycles. The van der Waals surface area contributed by atoms with Crippen LogP contribution in [0, 0.1) is 0 Å². The lowest BCUT2D eigenvalue weighted by Crippen LogP contribution is -2.44. The second-order valence-corrected chi connectivity index (χ2v) is 10.1. The van der Waals surface area contributed by atoms with Crippen LogP contribution in [0.5, 0.6) is 0 Å². The molecular formula is C24H28N6O2S. The third-order valence-corrected chi connectivity index (χ3v) is 7.85. The normalized spacial score (nSPS) is 21.9. The van der Waals surface area contributed by atoms with Crippen molar-refractivity contribution in [2.45, 2.75) is 31.4 Å². The van der Waals surface area contributed by atoms with Crippen LogP contribution in [-0.4, -0.2) is 70.3 Å². The Labute approximate surface area is 195 Å². The Morgan fingerprint density at radius 3 is 2.79 bits per heavy atom. The fourth-order valence-corrected chi connectivity index (χ4v) is 5.85. The van der Waals surface area contributed by atoms with Crippen molar-refractivity contribution >= 4 is 44.0 Å². The first-order chi connectivity index (χ1) is 16.1. The highest BCUT2D eigenvalue weighted by Gasteiger charge is 2.28. The van der Waals surface area contributed by atoms with E-state index in [1.165, 1.54) is 17.0 Å². The van der Waals surface area contributed by atoms with E-state index in [4.69, 9.17) is 4.98 Å². The molecule has 1 aliphatic carbocycles. The summed E-state index contributed by atoms with van der Waals surface area (Å²) in [5.74, 6) is 0.546. The fourth-order valence-electron chi connectivity index (χ4n) is 5.06. The molecule has 33 heavy (non-hydrogen) atoms. The predicted octanol–water partition coefficient (Wildman–Crippen LogP) is 3.21. The number of hydrogen-bond acceptors (Lipinski definition) is 7. The molecule has 1 saturated heterocycles. The third-order valence-electron chi connectivity index (χ3n) is 7.02. The zero-order chi connectivity index (χ0) is 22.5. The number of hydrogen-bond donors (Lipinski definition) is 4. The van der Waals surface area contributed by atoms with Gasteiger partial charge in [0.1, 0.15) is 16.2 Å². The van der Waals surface area contributed by atoms with Gasteiger partial charge in [-0.1, -0.05) is 0 Å². The predicted molar refractivity (Wildman–Crippen MR) is 135 cm³/mol. The van der Waals surface area contributed by atoms with E-state index in [0.717, 1.165) is 72.4 Å². The molecule has 1 aromatic carbocycles. The number of aromatic nitrogens is 3. The number of pyridine rings is 1. The van der Waals surface area contributed by atoms with Crippen molar-refractivity contribution in [3.63, 3.8) is 0 Å². The molecule has 2 atom stereocenters. The highest BCUT2D eigenvalue weighted by atomic mass is 32.1. The molecule has 1 saturated carbocycles. The van der Waals surface area contributed by atoms with Crippen LogP contribution in [0.15, 0.2) is 34.4 Å². The summed E-state index contributed by atoms with van der Waals surface area (Å²) in [7, 11) is 2.15. The van der Waals surface area contributed by atoms with Crippen LogP contribution in [-0.2, 0) is 0 Å². The van der Waals surface area contributed by atoms with Gasteiger partial charge in [-0.2, -0.15) is 0 Å². The van der Waals surface area contributed by atoms with E-state index in [2.05, 4.69) is 44.3 Å². The molecule has 0 spiro atoms. The van der Waals surface area contributed by atoms with Gasteiger partial charge in [0.25, 0.3) is 5.56 Å². The number of piperazine rings is 1. The quantitative estimate of drug-likeness (QED) is 0.370. The molecule has 4 heterocycles. The maximum atomic E-state index is 13.2. The smallest absolute Gasteiger partial charge is 0.262 e. The maximum absolute atomic E-state index is 13.2. The lowest BCUT2D eigenvalue weighted by atomic mass is 10.1. The molecule has 0 bridgehead atoms. The van der Waals surface area contributed by atoms with Gasteiger partial charge in [-0.15, -0.1) is 11.3 Å². The molecule has 2 aliphatic rings. The van der Waals surface area contributed by atoms with Crippen molar-refractivity contribution < 1.29 is 5.11 Å². The van der Waals surface area contributed by atoms with Crippen LogP contribution in [0.3, 0.4) is 0 Å². The van der Waals surface area contributed by atoms with Gasteiger partial charge >= 0.3 is 0 Å². The summed E-state index contributed by atoms with van der Waals surface area (Å²) in [5, 5.41) is 16.8. The van der Waals surface area contributed by atoms with E-state index in [1.54, 1.807) is 0 Å². The minimum absolute atomic E-state index is 0.0677. The second kappa shape index (κ2) is 8.16. The third kappa shape index (κ3) is 3.70. The summed E-state index contributed by atoms with van der Waals surface area (Å²) in [4.78, 5) is 30.0. The molecule has 0 amide bonds. The van der Waals surface area contributed by atoms with Gasteiger partial charge in [0.05, 0.1) is 28.9 Å². The highest BCUT2D eigenvalue weighted by Crippen LogP contribution is 2.35. The summed E-state index contributed by atoms with van der Waals surface area (Å²) in [6, 6.07) is 8.20. The zero-order valence-corrected chi connectivity index (χ0v) is 19.4. The van der Waals surface area contributed by atoms with Gasteiger partial charge in [0.2, 0.25) is 0 Å². The van der Waals surface area contributed by atoms with Crippen LogP contribution in [0.1, 0.15) is 19.3 Å². The lowest BCUT2D eigenvalue weighted by molar-refractivity contribution is 0.172. The summed E-state index contributed by atoms with van der Waals surface area (Å²) in [6.07, 6.45) is 2.23. The van der Waals surface area contributed by atoms with Crippen molar-refractivity contribution in [2.24, 2.45) is 0 Å². The van der Waals surface area contributed by atoms with E-state index in [-0.39, 0.29) is 11.6 Å². The molecule has 8 nitrogen and oxygen atoms in total. The Kier molecular flexibility index (Phi) is 5.12. The number of aliphatic hydroxyl groups is 1. The van der Waals surface area contributed by atoms with Crippen molar-refractivity contribution in [3.8, 4) is 11.4 Å². The maximum Gasteiger partial charge on any atom is 0.262 e. The largest absolute Gasteiger partial charge is 0.391 e. The Morgan fingerprint density at radius 2 is 2.00 bits per heavy atom. The van der Waals surface area contributed by atoms with Crippen molar-refractivity contribution in [1.29, 1.82) is 0 Å². The number of aliphatic hydroxyl groups excluding tert-OH is 1. The number of anilines is 2. The summed E-state index contributed by atoms with van der Waals surface area (Å²) >= 11 is 1.50. The summed E-state index contributed by atoms with van der Waals surface area (Å²) < 4.78 is 0. The van der Waals surface area contributed by atoms with E-state index in [0.29, 0.717) is 11.4 Å². The lowest BCUT2D eigenvalue weighted by Gasteiger charge is -2.34. The monoisotopic (exact) mass is 464 g/mol. The van der Waals surface area contributed by atoms with Gasteiger partial charge in [0.15, 0.2) is 0 Å². The van der Waals surface area contributed by atoms with Gasteiger partial charge < -0.3 is 30.2 Å². The molecule has 3 aromatic heterocycles. The average Bonchev–Trinajstić information content (AvgIpc) is 3.53.